The van der Waals surface area contributed by atoms with Crippen LogP contribution in [0.25, 0.3) is 0 Å². The van der Waals surface area contributed by atoms with Gasteiger partial charge in [-0.2, -0.15) is 13.2 Å². The summed E-state index contributed by atoms with van der Waals surface area (Å²) < 4.78 is 52.8. The Morgan fingerprint density at radius 3 is 2.67 bits per heavy atom. The highest BCUT2D eigenvalue weighted by molar-refractivity contribution is 5.34. The van der Waals surface area contributed by atoms with Crippen molar-refractivity contribution in [1.82, 2.24) is 4.90 Å². The van der Waals surface area contributed by atoms with E-state index < -0.39 is 23.6 Å². The normalized spacial score (nSPS) is 24.3. The van der Waals surface area contributed by atoms with Crippen LogP contribution in [0.5, 0.6) is 0 Å². The zero-order valence-electron chi connectivity index (χ0n) is 12.0. The number of alkyl halides is 3. The van der Waals surface area contributed by atoms with E-state index >= 15 is 0 Å². The van der Waals surface area contributed by atoms with Gasteiger partial charge in [0.05, 0.1) is 11.6 Å². The van der Waals surface area contributed by atoms with Gasteiger partial charge in [0.25, 0.3) is 0 Å². The van der Waals surface area contributed by atoms with Crippen LogP contribution in [0, 0.1) is 5.82 Å². The van der Waals surface area contributed by atoms with Crippen LogP contribution in [0.1, 0.15) is 43.4 Å². The van der Waals surface area contributed by atoms with E-state index in [2.05, 4.69) is 0 Å². The first kappa shape index (κ1) is 16.2. The lowest BCUT2D eigenvalue weighted by atomic mass is 9.88. The second-order valence-electron chi connectivity index (χ2n) is 5.52. The smallest absolute Gasteiger partial charge is 0.326 e. The summed E-state index contributed by atoms with van der Waals surface area (Å²) in [5, 5.41) is 0. The first-order valence-corrected chi connectivity index (χ1v) is 7.21. The first-order valence-electron chi connectivity index (χ1n) is 7.21. The molecule has 0 amide bonds. The summed E-state index contributed by atoms with van der Waals surface area (Å²) in [6, 6.07) is 2.01. The van der Waals surface area contributed by atoms with E-state index in [1.807, 2.05) is 11.8 Å². The molecule has 2 N–H and O–H groups in total. The quantitative estimate of drug-likeness (QED) is 0.862. The van der Waals surface area contributed by atoms with Crippen molar-refractivity contribution in [1.29, 1.82) is 0 Å². The van der Waals surface area contributed by atoms with Gasteiger partial charge in [-0.3, -0.25) is 4.90 Å². The summed E-state index contributed by atoms with van der Waals surface area (Å²) in [4.78, 5) is 1.98. The van der Waals surface area contributed by atoms with Crippen LogP contribution in [0.4, 0.5) is 17.6 Å². The molecule has 1 aromatic carbocycles. The number of nitrogens with two attached hydrogens (primary N) is 1. The fraction of sp³-hybridized carbons (Fsp3) is 0.600. The fourth-order valence-electron chi connectivity index (χ4n) is 3.10. The average Bonchev–Trinajstić information content (AvgIpc) is 2.39. The van der Waals surface area contributed by atoms with Crippen molar-refractivity contribution in [3.8, 4) is 0 Å². The molecule has 1 aliphatic heterocycles. The third-order valence-corrected chi connectivity index (χ3v) is 3.93. The second kappa shape index (κ2) is 6.32. The molecule has 1 fully saturated rings. The first-order chi connectivity index (χ1) is 9.84. The maximum absolute atomic E-state index is 13.2. The SMILES string of the molecule is CCCN1CCCC(N)C1c1ccc(F)cc1C(F)(F)F. The van der Waals surface area contributed by atoms with Crippen LogP contribution in [0.3, 0.4) is 0 Å². The number of rotatable bonds is 3. The number of hydrogen-bond acceptors (Lipinski definition) is 2. The van der Waals surface area contributed by atoms with Crippen LogP contribution >= 0.6 is 0 Å². The third-order valence-electron chi connectivity index (χ3n) is 3.93. The number of likely N-dealkylation sites (tertiary alicyclic amines) is 1. The minimum Gasteiger partial charge on any atom is -0.326 e. The maximum Gasteiger partial charge on any atom is 0.416 e. The van der Waals surface area contributed by atoms with Crippen LogP contribution < -0.4 is 5.73 Å². The largest absolute Gasteiger partial charge is 0.416 e. The standard InChI is InChI=1S/C15H20F4N2/c1-2-7-21-8-3-4-13(20)14(21)11-6-5-10(16)9-12(11)15(17,18)19/h5-6,9,13-14H,2-4,7-8,20H2,1H3. The summed E-state index contributed by atoms with van der Waals surface area (Å²) in [5.74, 6) is -0.877. The molecule has 0 radical (unpaired) electrons. The maximum atomic E-state index is 13.2. The van der Waals surface area contributed by atoms with Gasteiger partial charge < -0.3 is 5.73 Å². The Morgan fingerprint density at radius 1 is 1.33 bits per heavy atom. The van der Waals surface area contributed by atoms with E-state index in [1.54, 1.807) is 0 Å². The Kier molecular flexibility index (Phi) is 4.88. The molecule has 6 heteroatoms. The fourth-order valence-corrected chi connectivity index (χ4v) is 3.10. The van der Waals surface area contributed by atoms with Crippen molar-refractivity contribution in [2.75, 3.05) is 13.1 Å². The molecule has 2 rings (SSSR count). The van der Waals surface area contributed by atoms with E-state index in [1.165, 1.54) is 6.07 Å². The van der Waals surface area contributed by atoms with E-state index in [0.29, 0.717) is 19.0 Å². The monoisotopic (exact) mass is 304 g/mol. The Bertz CT molecular complexity index is 485. The molecule has 0 aliphatic carbocycles. The Labute approximate surface area is 121 Å². The highest BCUT2D eigenvalue weighted by Crippen LogP contribution is 2.39. The zero-order chi connectivity index (χ0) is 15.6. The summed E-state index contributed by atoms with van der Waals surface area (Å²) in [6.45, 7) is 3.39. The van der Waals surface area contributed by atoms with Gasteiger partial charge in [0, 0.05) is 6.04 Å². The molecule has 0 saturated carbocycles. The molecular formula is C15H20F4N2. The van der Waals surface area contributed by atoms with Gasteiger partial charge in [-0.05, 0) is 50.0 Å². The Hall–Kier alpha value is -1.14. The molecule has 21 heavy (non-hydrogen) atoms. The number of piperidine rings is 1. The molecule has 0 spiro atoms. The van der Waals surface area contributed by atoms with Crippen molar-refractivity contribution in [3.63, 3.8) is 0 Å². The molecule has 2 nitrogen and oxygen atoms in total. The number of hydrogen-bond donors (Lipinski definition) is 1. The molecule has 118 valence electrons. The van der Waals surface area contributed by atoms with Crippen LogP contribution in [-0.4, -0.2) is 24.0 Å². The van der Waals surface area contributed by atoms with Crippen molar-refractivity contribution >= 4 is 0 Å². The predicted molar refractivity (Wildman–Crippen MR) is 73.2 cm³/mol. The van der Waals surface area contributed by atoms with E-state index in [0.717, 1.165) is 25.5 Å². The topological polar surface area (TPSA) is 29.3 Å². The number of benzene rings is 1. The molecule has 1 aromatic rings. The summed E-state index contributed by atoms with van der Waals surface area (Å²) in [7, 11) is 0. The van der Waals surface area contributed by atoms with Crippen LogP contribution in [0.2, 0.25) is 0 Å². The molecular weight excluding hydrogens is 284 g/mol. The van der Waals surface area contributed by atoms with Crippen molar-refractivity contribution < 1.29 is 17.6 Å². The predicted octanol–water partition coefficient (Wildman–Crippen LogP) is 3.72. The van der Waals surface area contributed by atoms with Gasteiger partial charge in [0.2, 0.25) is 0 Å². The minimum atomic E-state index is -4.58. The van der Waals surface area contributed by atoms with Gasteiger partial charge in [-0.15, -0.1) is 0 Å². The lowest BCUT2D eigenvalue weighted by molar-refractivity contribution is -0.139. The van der Waals surface area contributed by atoms with E-state index in [-0.39, 0.29) is 11.6 Å². The van der Waals surface area contributed by atoms with Crippen LogP contribution in [0.15, 0.2) is 18.2 Å². The molecule has 0 aromatic heterocycles. The van der Waals surface area contributed by atoms with Crippen molar-refractivity contribution in [2.24, 2.45) is 5.73 Å². The zero-order valence-corrected chi connectivity index (χ0v) is 12.0. The Balaban J connectivity index is 2.47. The molecule has 1 saturated heterocycles. The highest BCUT2D eigenvalue weighted by atomic mass is 19.4. The Morgan fingerprint density at radius 2 is 2.05 bits per heavy atom. The summed E-state index contributed by atoms with van der Waals surface area (Å²) >= 11 is 0. The summed E-state index contributed by atoms with van der Waals surface area (Å²) in [5.41, 5.74) is 5.26. The lowest BCUT2D eigenvalue weighted by Crippen LogP contribution is -2.46. The highest BCUT2D eigenvalue weighted by Gasteiger charge is 2.39. The molecule has 1 aliphatic rings. The second-order valence-corrected chi connectivity index (χ2v) is 5.52. The van der Waals surface area contributed by atoms with Crippen molar-refractivity contribution in [3.05, 3.63) is 35.1 Å². The number of halogens is 4. The summed E-state index contributed by atoms with van der Waals surface area (Å²) in [6.07, 6.45) is -2.18. The van der Waals surface area contributed by atoms with Gasteiger partial charge in [-0.25, -0.2) is 4.39 Å². The number of nitrogens with zero attached hydrogens (tertiary/aromatic N) is 1. The minimum absolute atomic E-state index is 0.0875. The molecule has 1 heterocycles. The van der Waals surface area contributed by atoms with Crippen LogP contribution in [-0.2, 0) is 6.18 Å². The van der Waals surface area contributed by atoms with Gasteiger partial charge in [0.15, 0.2) is 0 Å². The average molecular weight is 304 g/mol. The van der Waals surface area contributed by atoms with Gasteiger partial charge >= 0.3 is 6.18 Å². The van der Waals surface area contributed by atoms with Gasteiger partial charge in [-0.1, -0.05) is 13.0 Å². The lowest BCUT2D eigenvalue weighted by Gasteiger charge is -2.41. The van der Waals surface area contributed by atoms with E-state index in [9.17, 15) is 17.6 Å². The van der Waals surface area contributed by atoms with E-state index in [4.69, 9.17) is 5.73 Å². The molecule has 2 unspecified atom stereocenters. The van der Waals surface area contributed by atoms with Gasteiger partial charge in [0.1, 0.15) is 5.82 Å². The molecule has 2 atom stereocenters. The third kappa shape index (κ3) is 3.55. The van der Waals surface area contributed by atoms with Crippen molar-refractivity contribution in [2.45, 2.75) is 44.4 Å². The molecule has 0 bridgehead atoms.